The molecule has 0 unspecified atom stereocenters. The van der Waals surface area contributed by atoms with Crippen molar-refractivity contribution in [3.63, 3.8) is 0 Å². The van der Waals surface area contributed by atoms with E-state index in [2.05, 4.69) is 14.9 Å². The summed E-state index contributed by atoms with van der Waals surface area (Å²) < 4.78 is 13.3. The normalized spacial score (nSPS) is 22.7. The highest BCUT2D eigenvalue weighted by molar-refractivity contribution is 5.79. The van der Waals surface area contributed by atoms with E-state index in [0.717, 1.165) is 37.4 Å². The van der Waals surface area contributed by atoms with Crippen LogP contribution in [0.4, 0.5) is 10.3 Å². The molecule has 2 aliphatic rings. The van der Waals surface area contributed by atoms with Crippen molar-refractivity contribution in [2.75, 3.05) is 18.0 Å². The van der Waals surface area contributed by atoms with E-state index in [9.17, 15) is 9.18 Å². The number of hydrogen-bond acceptors (Lipinski definition) is 4. The predicted molar refractivity (Wildman–Crippen MR) is 88.0 cm³/mol. The average molecular weight is 326 g/mol. The van der Waals surface area contributed by atoms with Crippen LogP contribution in [0.2, 0.25) is 0 Å². The summed E-state index contributed by atoms with van der Waals surface area (Å²) in [6, 6.07) is 8.57. The lowest BCUT2D eigenvalue weighted by molar-refractivity contribution is -0.131. The fourth-order valence-corrected chi connectivity index (χ4v) is 3.91. The van der Waals surface area contributed by atoms with E-state index in [4.69, 9.17) is 0 Å². The van der Waals surface area contributed by atoms with Crippen molar-refractivity contribution in [3.05, 3.63) is 54.1 Å². The highest BCUT2D eigenvalue weighted by Gasteiger charge is 2.45. The molecule has 1 aromatic heterocycles. The second-order valence-electron chi connectivity index (χ2n) is 6.35. The molecule has 0 saturated carbocycles. The molecule has 0 N–H and O–H groups in total. The number of carbonyl (C=O) groups excluding carboxylic acids is 1. The highest BCUT2D eigenvalue weighted by atomic mass is 19.1. The van der Waals surface area contributed by atoms with Gasteiger partial charge in [0.1, 0.15) is 5.82 Å². The van der Waals surface area contributed by atoms with Crippen LogP contribution in [0.5, 0.6) is 0 Å². The lowest BCUT2D eigenvalue weighted by Crippen LogP contribution is -2.40. The van der Waals surface area contributed by atoms with Gasteiger partial charge in [-0.15, -0.1) is 0 Å². The molecule has 2 saturated heterocycles. The monoisotopic (exact) mass is 326 g/mol. The standard InChI is InChI=1S/C18H19FN4O/c19-14-4-1-3-13(11-14)12-17(24)22-9-5-16-15(22)6-10-23(16)18-20-7-2-8-21-18/h1-4,7-8,11,15-16H,5-6,9-10,12H2/t15-,16+/m1/s1. The van der Waals surface area contributed by atoms with Gasteiger partial charge in [-0.1, -0.05) is 12.1 Å². The van der Waals surface area contributed by atoms with Gasteiger partial charge in [-0.3, -0.25) is 4.79 Å². The Morgan fingerprint density at radius 2 is 1.92 bits per heavy atom. The summed E-state index contributed by atoms with van der Waals surface area (Å²) >= 11 is 0. The number of amides is 1. The zero-order valence-corrected chi connectivity index (χ0v) is 13.3. The van der Waals surface area contributed by atoms with E-state index in [0.29, 0.717) is 0 Å². The van der Waals surface area contributed by atoms with Crippen LogP contribution in [0.25, 0.3) is 0 Å². The SMILES string of the molecule is O=C(Cc1cccc(F)c1)N1CC[C@H]2[C@H]1CCN2c1ncccn1. The summed E-state index contributed by atoms with van der Waals surface area (Å²) in [6.07, 6.45) is 5.60. The van der Waals surface area contributed by atoms with Crippen LogP contribution in [0.1, 0.15) is 18.4 Å². The summed E-state index contributed by atoms with van der Waals surface area (Å²) in [7, 11) is 0. The molecule has 4 rings (SSSR count). The number of carbonyl (C=O) groups is 1. The van der Waals surface area contributed by atoms with Crippen molar-refractivity contribution in [3.8, 4) is 0 Å². The molecular weight excluding hydrogens is 307 g/mol. The maximum absolute atomic E-state index is 13.3. The number of benzene rings is 1. The summed E-state index contributed by atoms with van der Waals surface area (Å²) in [6.45, 7) is 1.61. The van der Waals surface area contributed by atoms with Gasteiger partial charge in [0.2, 0.25) is 11.9 Å². The number of halogens is 1. The largest absolute Gasteiger partial charge is 0.337 e. The van der Waals surface area contributed by atoms with Crippen LogP contribution >= 0.6 is 0 Å². The minimum absolute atomic E-state index is 0.0731. The second-order valence-corrected chi connectivity index (χ2v) is 6.35. The van der Waals surface area contributed by atoms with Crippen molar-refractivity contribution < 1.29 is 9.18 Å². The van der Waals surface area contributed by atoms with Crippen LogP contribution in [-0.2, 0) is 11.2 Å². The Morgan fingerprint density at radius 1 is 1.12 bits per heavy atom. The van der Waals surface area contributed by atoms with Crippen molar-refractivity contribution in [2.24, 2.45) is 0 Å². The lowest BCUT2D eigenvalue weighted by Gasteiger charge is -2.25. The Morgan fingerprint density at radius 3 is 2.71 bits per heavy atom. The van der Waals surface area contributed by atoms with Crippen molar-refractivity contribution in [1.82, 2.24) is 14.9 Å². The molecule has 2 aromatic rings. The third-order valence-electron chi connectivity index (χ3n) is 4.95. The third-order valence-corrected chi connectivity index (χ3v) is 4.95. The smallest absolute Gasteiger partial charge is 0.227 e. The lowest BCUT2D eigenvalue weighted by atomic mass is 10.1. The molecule has 0 aliphatic carbocycles. The molecule has 1 amide bonds. The fourth-order valence-electron chi connectivity index (χ4n) is 3.91. The number of aromatic nitrogens is 2. The van der Waals surface area contributed by atoms with E-state index in [-0.39, 0.29) is 30.2 Å². The van der Waals surface area contributed by atoms with E-state index in [1.165, 1.54) is 12.1 Å². The Balaban J connectivity index is 1.46. The van der Waals surface area contributed by atoms with Gasteiger partial charge >= 0.3 is 0 Å². The van der Waals surface area contributed by atoms with Crippen LogP contribution in [0, 0.1) is 5.82 Å². The summed E-state index contributed by atoms with van der Waals surface area (Å²) in [5.74, 6) is 0.515. The first-order chi connectivity index (χ1) is 11.7. The molecule has 0 bridgehead atoms. The first kappa shape index (κ1) is 15.1. The predicted octanol–water partition coefficient (Wildman–Crippen LogP) is 2.04. The van der Waals surface area contributed by atoms with Gasteiger partial charge in [0, 0.05) is 25.5 Å². The highest BCUT2D eigenvalue weighted by Crippen LogP contribution is 2.33. The molecule has 124 valence electrons. The maximum Gasteiger partial charge on any atom is 0.227 e. The van der Waals surface area contributed by atoms with E-state index < -0.39 is 0 Å². The second kappa shape index (κ2) is 6.19. The topological polar surface area (TPSA) is 49.3 Å². The van der Waals surface area contributed by atoms with Crippen molar-refractivity contribution >= 4 is 11.9 Å². The van der Waals surface area contributed by atoms with E-state index >= 15 is 0 Å². The first-order valence-electron chi connectivity index (χ1n) is 8.30. The van der Waals surface area contributed by atoms with Crippen molar-refractivity contribution in [1.29, 1.82) is 0 Å². The van der Waals surface area contributed by atoms with Gasteiger partial charge in [-0.25, -0.2) is 14.4 Å². The number of likely N-dealkylation sites (tertiary alicyclic amines) is 1. The van der Waals surface area contributed by atoms with Crippen LogP contribution in [0.3, 0.4) is 0 Å². The Kier molecular flexibility index (Phi) is 3.88. The number of fused-ring (bicyclic) bond motifs is 1. The Hall–Kier alpha value is -2.50. The van der Waals surface area contributed by atoms with Crippen molar-refractivity contribution in [2.45, 2.75) is 31.3 Å². The Bertz CT molecular complexity index is 739. The molecule has 2 fully saturated rings. The molecule has 24 heavy (non-hydrogen) atoms. The van der Waals surface area contributed by atoms with Crippen LogP contribution < -0.4 is 4.90 Å². The minimum Gasteiger partial charge on any atom is -0.337 e. The van der Waals surface area contributed by atoms with E-state index in [1.54, 1.807) is 30.6 Å². The molecule has 3 heterocycles. The summed E-state index contributed by atoms with van der Waals surface area (Å²) in [5, 5.41) is 0. The van der Waals surface area contributed by atoms with Gasteiger partial charge in [-0.05, 0) is 36.6 Å². The molecule has 2 atom stereocenters. The molecule has 0 radical (unpaired) electrons. The number of hydrogen-bond donors (Lipinski definition) is 0. The zero-order valence-electron chi connectivity index (χ0n) is 13.3. The fraction of sp³-hybridized carbons (Fsp3) is 0.389. The van der Waals surface area contributed by atoms with E-state index in [1.807, 2.05) is 4.90 Å². The zero-order chi connectivity index (χ0) is 16.5. The summed E-state index contributed by atoms with van der Waals surface area (Å²) in [5.41, 5.74) is 0.727. The van der Waals surface area contributed by atoms with Gasteiger partial charge in [0.05, 0.1) is 18.5 Å². The van der Waals surface area contributed by atoms with Gasteiger partial charge in [0.15, 0.2) is 0 Å². The first-order valence-corrected chi connectivity index (χ1v) is 8.30. The third kappa shape index (κ3) is 2.72. The van der Waals surface area contributed by atoms with Crippen LogP contribution in [-0.4, -0.2) is 45.9 Å². The maximum atomic E-state index is 13.3. The van der Waals surface area contributed by atoms with Gasteiger partial charge in [0.25, 0.3) is 0 Å². The average Bonchev–Trinajstić information content (AvgIpc) is 3.17. The molecule has 1 aromatic carbocycles. The Labute approximate surface area is 140 Å². The molecule has 6 heteroatoms. The molecule has 0 spiro atoms. The molecule has 5 nitrogen and oxygen atoms in total. The quantitative estimate of drug-likeness (QED) is 0.866. The molecular formula is C18H19FN4O. The number of rotatable bonds is 3. The van der Waals surface area contributed by atoms with Crippen LogP contribution in [0.15, 0.2) is 42.7 Å². The minimum atomic E-state index is -0.298. The number of nitrogens with zero attached hydrogens (tertiary/aromatic N) is 4. The van der Waals surface area contributed by atoms with Gasteiger partial charge < -0.3 is 9.80 Å². The summed E-state index contributed by atoms with van der Waals surface area (Å²) in [4.78, 5) is 25.5. The van der Waals surface area contributed by atoms with Gasteiger partial charge in [-0.2, -0.15) is 0 Å². The molecule has 2 aliphatic heterocycles. The number of anilines is 1.